The van der Waals surface area contributed by atoms with Crippen molar-refractivity contribution < 1.29 is 0 Å². The Morgan fingerprint density at radius 1 is 1.26 bits per heavy atom. The highest BCUT2D eigenvalue weighted by Gasteiger charge is 2.39. The monoisotopic (exact) mass is 257 g/mol. The van der Waals surface area contributed by atoms with Gasteiger partial charge in [-0.1, -0.05) is 19.1 Å². The topological polar surface area (TPSA) is 29.9 Å². The van der Waals surface area contributed by atoms with Crippen molar-refractivity contribution in [1.82, 2.24) is 14.9 Å². The minimum atomic E-state index is 0.600. The number of nitrogens with one attached hydrogen (secondary N) is 1. The second-order valence-corrected chi connectivity index (χ2v) is 5.72. The lowest BCUT2D eigenvalue weighted by Crippen LogP contribution is -2.24. The average Bonchev–Trinajstić information content (AvgIpc) is 3.13. The molecule has 1 aromatic heterocycles. The standard InChI is InChI=1S/C16H23N3/c1-3-16(9-10-16)12-17-11-15-18-13-7-5-6-8-14(13)19(15)4-2/h5-8,17H,3-4,9-12H2,1-2H3. The lowest BCUT2D eigenvalue weighted by Gasteiger charge is -2.13. The van der Waals surface area contributed by atoms with Crippen LogP contribution in [-0.2, 0) is 13.1 Å². The predicted octanol–water partition coefficient (Wildman–Crippen LogP) is 3.34. The van der Waals surface area contributed by atoms with Crippen LogP contribution in [0.4, 0.5) is 0 Å². The van der Waals surface area contributed by atoms with E-state index in [0.29, 0.717) is 5.41 Å². The molecule has 1 aromatic carbocycles. The van der Waals surface area contributed by atoms with Crippen molar-refractivity contribution >= 4 is 11.0 Å². The van der Waals surface area contributed by atoms with Gasteiger partial charge in [-0.05, 0) is 43.7 Å². The van der Waals surface area contributed by atoms with E-state index < -0.39 is 0 Å². The summed E-state index contributed by atoms with van der Waals surface area (Å²) in [6.45, 7) is 7.49. The molecule has 0 amide bonds. The van der Waals surface area contributed by atoms with E-state index in [0.717, 1.165) is 31.0 Å². The fourth-order valence-corrected chi connectivity index (χ4v) is 2.88. The van der Waals surface area contributed by atoms with Gasteiger partial charge >= 0.3 is 0 Å². The van der Waals surface area contributed by atoms with Crippen LogP contribution in [0.25, 0.3) is 11.0 Å². The lowest BCUT2D eigenvalue weighted by molar-refractivity contribution is 0.437. The molecule has 0 atom stereocenters. The summed E-state index contributed by atoms with van der Waals surface area (Å²) < 4.78 is 2.31. The number of aromatic nitrogens is 2. The van der Waals surface area contributed by atoms with Gasteiger partial charge in [-0.2, -0.15) is 0 Å². The van der Waals surface area contributed by atoms with E-state index in [1.54, 1.807) is 0 Å². The molecule has 1 N–H and O–H groups in total. The molecular formula is C16H23N3. The lowest BCUT2D eigenvalue weighted by atomic mass is 10.0. The molecule has 0 bridgehead atoms. The molecule has 1 aliphatic carbocycles. The Hall–Kier alpha value is -1.35. The summed E-state index contributed by atoms with van der Waals surface area (Å²) in [5, 5.41) is 3.61. The van der Waals surface area contributed by atoms with E-state index in [9.17, 15) is 0 Å². The Morgan fingerprint density at radius 3 is 2.74 bits per heavy atom. The minimum absolute atomic E-state index is 0.600. The van der Waals surface area contributed by atoms with Crippen LogP contribution in [-0.4, -0.2) is 16.1 Å². The van der Waals surface area contributed by atoms with Gasteiger partial charge < -0.3 is 9.88 Å². The van der Waals surface area contributed by atoms with Crippen molar-refractivity contribution in [3.8, 4) is 0 Å². The van der Waals surface area contributed by atoms with Crippen molar-refractivity contribution in [2.75, 3.05) is 6.54 Å². The quantitative estimate of drug-likeness (QED) is 0.860. The van der Waals surface area contributed by atoms with Crippen LogP contribution in [0.2, 0.25) is 0 Å². The Balaban J connectivity index is 1.73. The molecule has 1 saturated carbocycles. The zero-order valence-corrected chi connectivity index (χ0v) is 11.9. The summed E-state index contributed by atoms with van der Waals surface area (Å²) in [5.41, 5.74) is 2.96. The molecular weight excluding hydrogens is 234 g/mol. The second-order valence-electron chi connectivity index (χ2n) is 5.72. The molecule has 102 valence electrons. The van der Waals surface area contributed by atoms with Crippen molar-refractivity contribution in [1.29, 1.82) is 0 Å². The van der Waals surface area contributed by atoms with Gasteiger partial charge in [-0.3, -0.25) is 0 Å². The Morgan fingerprint density at radius 2 is 2.05 bits per heavy atom. The second kappa shape index (κ2) is 4.97. The van der Waals surface area contributed by atoms with Crippen LogP contribution in [0.1, 0.15) is 38.9 Å². The van der Waals surface area contributed by atoms with Gasteiger partial charge in [0.05, 0.1) is 17.6 Å². The Labute approximate surface area is 115 Å². The number of rotatable bonds is 6. The SMILES string of the molecule is CCn1c(CNCC2(CC)CC2)nc2ccccc21. The molecule has 3 nitrogen and oxygen atoms in total. The minimum Gasteiger partial charge on any atom is -0.327 e. The van der Waals surface area contributed by atoms with Gasteiger partial charge in [0.25, 0.3) is 0 Å². The van der Waals surface area contributed by atoms with E-state index >= 15 is 0 Å². The largest absolute Gasteiger partial charge is 0.327 e. The molecule has 3 rings (SSSR count). The highest BCUT2D eigenvalue weighted by atomic mass is 15.1. The smallest absolute Gasteiger partial charge is 0.123 e. The number of imidazole rings is 1. The highest BCUT2D eigenvalue weighted by Crippen LogP contribution is 2.47. The number of benzene rings is 1. The molecule has 1 heterocycles. The summed E-state index contributed by atoms with van der Waals surface area (Å²) >= 11 is 0. The Kier molecular flexibility index (Phi) is 3.31. The molecule has 0 aliphatic heterocycles. The van der Waals surface area contributed by atoms with Crippen molar-refractivity contribution in [3.05, 3.63) is 30.1 Å². The summed E-state index contributed by atoms with van der Waals surface area (Å²) in [5.74, 6) is 1.16. The number of hydrogen-bond donors (Lipinski definition) is 1. The fourth-order valence-electron chi connectivity index (χ4n) is 2.88. The van der Waals surface area contributed by atoms with E-state index in [4.69, 9.17) is 4.98 Å². The molecule has 19 heavy (non-hydrogen) atoms. The van der Waals surface area contributed by atoms with E-state index in [2.05, 4.69) is 48.0 Å². The number of para-hydroxylation sites is 2. The third kappa shape index (κ3) is 2.39. The van der Waals surface area contributed by atoms with Gasteiger partial charge in [0.1, 0.15) is 5.82 Å². The summed E-state index contributed by atoms with van der Waals surface area (Å²) in [6.07, 6.45) is 4.07. The molecule has 1 fully saturated rings. The van der Waals surface area contributed by atoms with Crippen LogP contribution in [0.3, 0.4) is 0 Å². The third-order valence-electron chi connectivity index (χ3n) is 4.54. The van der Waals surface area contributed by atoms with Crippen molar-refractivity contribution in [2.24, 2.45) is 5.41 Å². The molecule has 0 spiro atoms. The van der Waals surface area contributed by atoms with E-state index in [1.165, 1.54) is 24.8 Å². The van der Waals surface area contributed by atoms with Gasteiger partial charge in [0.15, 0.2) is 0 Å². The summed E-state index contributed by atoms with van der Waals surface area (Å²) in [4.78, 5) is 4.75. The van der Waals surface area contributed by atoms with Crippen LogP contribution in [0.15, 0.2) is 24.3 Å². The maximum absolute atomic E-state index is 4.75. The van der Waals surface area contributed by atoms with Gasteiger partial charge in [0.2, 0.25) is 0 Å². The molecule has 0 radical (unpaired) electrons. The number of aryl methyl sites for hydroxylation is 1. The van der Waals surface area contributed by atoms with Crippen LogP contribution in [0.5, 0.6) is 0 Å². The predicted molar refractivity (Wildman–Crippen MR) is 79.1 cm³/mol. The maximum Gasteiger partial charge on any atom is 0.123 e. The normalized spacial score (nSPS) is 16.9. The third-order valence-corrected chi connectivity index (χ3v) is 4.54. The molecule has 0 unspecified atom stereocenters. The maximum atomic E-state index is 4.75. The first kappa shape index (κ1) is 12.7. The van der Waals surface area contributed by atoms with Crippen LogP contribution in [0, 0.1) is 5.41 Å². The van der Waals surface area contributed by atoms with Crippen LogP contribution < -0.4 is 5.32 Å². The summed E-state index contributed by atoms with van der Waals surface area (Å²) in [6, 6.07) is 8.40. The van der Waals surface area contributed by atoms with Crippen LogP contribution >= 0.6 is 0 Å². The van der Waals surface area contributed by atoms with Gasteiger partial charge in [0, 0.05) is 13.1 Å². The fraction of sp³-hybridized carbons (Fsp3) is 0.562. The first-order valence-corrected chi connectivity index (χ1v) is 7.43. The first-order valence-electron chi connectivity index (χ1n) is 7.43. The van der Waals surface area contributed by atoms with Gasteiger partial charge in [-0.25, -0.2) is 4.98 Å². The summed E-state index contributed by atoms with van der Waals surface area (Å²) in [7, 11) is 0. The van der Waals surface area contributed by atoms with Gasteiger partial charge in [-0.15, -0.1) is 0 Å². The van der Waals surface area contributed by atoms with E-state index in [-0.39, 0.29) is 0 Å². The highest BCUT2D eigenvalue weighted by molar-refractivity contribution is 5.75. The Bertz CT molecular complexity index is 566. The first-order chi connectivity index (χ1) is 9.28. The number of nitrogens with zero attached hydrogens (tertiary/aromatic N) is 2. The molecule has 2 aromatic rings. The zero-order valence-electron chi connectivity index (χ0n) is 11.9. The number of fused-ring (bicyclic) bond motifs is 1. The van der Waals surface area contributed by atoms with Crippen molar-refractivity contribution in [3.63, 3.8) is 0 Å². The molecule has 0 saturated heterocycles. The number of hydrogen-bond acceptors (Lipinski definition) is 2. The van der Waals surface area contributed by atoms with E-state index in [1.807, 2.05) is 0 Å². The molecule has 1 aliphatic rings. The zero-order chi connectivity index (χ0) is 13.3. The molecule has 3 heteroatoms. The van der Waals surface area contributed by atoms with Crippen molar-refractivity contribution in [2.45, 2.75) is 46.2 Å². The average molecular weight is 257 g/mol.